The Bertz CT molecular complexity index is 1230. The van der Waals surface area contributed by atoms with Gasteiger partial charge in [0.2, 0.25) is 0 Å². The average molecular weight is 444 g/mol. The highest BCUT2D eigenvalue weighted by Gasteiger charge is 2.33. The fraction of sp³-hybridized carbons (Fsp3) is 0.0455. The van der Waals surface area contributed by atoms with Gasteiger partial charge in [0.1, 0.15) is 0 Å². The van der Waals surface area contributed by atoms with Crippen LogP contribution >= 0.6 is 15.9 Å². The van der Waals surface area contributed by atoms with Crippen molar-refractivity contribution in [1.29, 1.82) is 0 Å². The Morgan fingerprint density at radius 3 is 2.14 bits per heavy atom. The van der Waals surface area contributed by atoms with Crippen LogP contribution in [0.3, 0.4) is 0 Å². The SMILES string of the molecule is O=c1[nH]c2c(C(F)(F)F)cccc2c(-c2cccc(Br)c2)c1-c1ccccc1. The minimum atomic E-state index is -4.58. The van der Waals surface area contributed by atoms with E-state index in [-0.39, 0.29) is 5.52 Å². The van der Waals surface area contributed by atoms with Gasteiger partial charge in [-0.1, -0.05) is 70.5 Å². The molecule has 0 amide bonds. The Morgan fingerprint density at radius 1 is 0.786 bits per heavy atom. The minimum Gasteiger partial charge on any atom is -0.321 e. The molecule has 1 heterocycles. The Kier molecular flexibility index (Phi) is 4.59. The van der Waals surface area contributed by atoms with Crippen molar-refractivity contribution in [2.75, 3.05) is 0 Å². The number of pyridine rings is 1. The summed E-state index contributed by atoms with van der Waals surface area (Å²) in [6.07, 6.45) is -4.58. The zero-order valence-corrected chi connectivity index (χ0v) is 15.9. The molecule has 1 aromatic heterocycles. The van der Waals surface area contributed by atoms with E-state index in [4.69, 9.17) is 0 Å². The maximum absolute atomic E-state index is 13.5. The summed E-state index contributed by atoms with van der Waals surface area (Å²) in [7, 11) is 0. The fourth-order valence-corrected chi connectivity index (χ4v) is 3.78. The van der Waals surface area contributed by atoms with Gasteiger partial charge in [0.25, 0.3) is 5.56 Å². The lowest BCUT2D eigenvalue weighted by Crippen LogP contribution is -2.15. The molecule has 0 aliphatic carbocycles. The zero-order valence-electron chi connectivity index (χ0n) is 14.3. The second-order valence-electron chi connectivity index (χ2n) is 6.31. The lowest BCUT2D eigenvalue weighted by molar-refractivity contribution is -0.136. The van der Waals surface area contributed by atoms with E-state index < -0.39 is 17.3 Å². The van der Waals surface area contributed by atoms with Crippen molar-refractivity contribution < 1.29 is 13.2 Å². The average Bonchev–Trinajstić information content (AvgIpc) is 2.66. The third kappa shape index (κ3) is 3.24. The molecule has 0 bridgehead atoms. The monoisotopic (exact) mass is 443 g/mol. The summed E-state index contributed by atoms with van der Waals surface area (Å²) in [4.78, 5) is 15.4. The van der Waals surface area contributed by atoms with Crippen LogP contribution in [0.25, 0.3) is 33.2 Å². The third-order valence-corrected chi connectivity index (χ3v) is 5.02. The molecule has 3 aromatic carbocycles. The number of hydrogen-bond acceptors (Lipinski definition) is 1. The van der Waals surface area contributed by atoms with Gasteiger partial charge in [-0.25, -0.2) is 0 Å². The first-order chi connectivity index (χ1) is 13.4. The molecule has 140 valence electrons. The molecule has 0 fully saturated rings. The highest BCUT2D eigenvalue weighted by Crippen LogP contribution is 2.40. The lowest BCUT2D eigenvalue weighted by atomic mass is 9.91. The summed E-state index contributed by atoms with van der Waals surface area (Å²) in [6, 6.07) is 20.1. The quantitative estimate of drug-likeness (QED) is 0.369. The van der Waals surface area contributed by atoms with Crippen molar-refractivity contribution in [2.45, 2.75) is 6.18 Å². The van der Waals surface area contributed by atoms with Crippen LogP contribution in [0.15, 0.2) is 82.1 Å². The molecule has 1 N–H and O–H groups in total. The van der Waals surface area contributed by atoms with Crippen molar-refractivity contribution in [3.05, 3.63) is 93.2 Å². The number of fused-ring (bicyclic) bond motifs is 1. The number of alkyl halides is 3. The number of H-pyrrole nitrogens is 1. The van der Waals surface area contributed by atoms with Crippen molar-refractivity contribution in [3.63, 3.8) is 0 Å². The Morgan fingerprint density at radius 2 is 1.46 bits per heavy atom. The number of para-hydroxylation sites is 1. The molecule has 4 aromatic rings. The number of aromatic amines is 1. The summed E-state index contributed by atoms with van der Waals surface area (Å²) >= 11 is 3.40. The van der Waals surface area contributed by atoms with E-state index in [0.717, 1.165) is 10.5 Å². The topological polar surface area (TPSA) is 32.9 Å². The van der Waals surface area contributed by atoms with E-state index in [2.05, 4.69) is 20.9 Å². The first-order valence-electron chi connectivity index (χ1n) is 8.44. The highest BCUT2D eigenvalue weighted by atomic mass is 79.9. The van der Waals surface area contributed by atoms with Crippen LogP contribution < -0.4 is 5.56 Å². The molecule has 0 aliphatic rings. The predicted octanol–water partition coefficient (Wildman–Crippen LogP) is 6.64. The molecule has 0 atom stereocenters. The summed E-state index contributed by atoms with van der Waals surface area (Å²) in [5.41, 5.74) is 0.461. The number of hydrogen-bond donors (Lipinski definition) is 1. The van der Waals surface area contributed by atoms with E-state index in [1.54, 1.807) is 48.5 Å². The normalized spacial score (nSPS) is 11.7. The van der Waals surface area contributed by atoms with Crippen molar-refractivity contribution in [3.8, 4) is 22.3 Å². The molecule has 0 saturated carbocycles. The molecule has 4 rings (SSSR count). The standard InChI is InChI=1S/C22H13BrF3NO/c23-15-9-4-8-14(12-15)18-16-10-5-11-17(22(24,25)26)20(16)27-21(28)19(18)13-6-2-1-3-7-13/h1-12H,(H,27,28). The second-order valence-corrected chi connectivity index (χ2v) is 7.22. The molecule has 0 spiro atoms. The summed E-state index contributed by atoms with van der Waals surface area (Å²) in [6.45, 7) is 0. The van der Waals surface area contributed by atoms with E-state index in [1.807, 2.05) is 12.1 Å². The summed E-state index contributed by atoms with van der Waals surface area (Å²) in [5, 5.41) is 0.339. The molecule has 0 radical (unpaired) electrons. The van der Waals surface area contributed by atoms with E-state index in [1.165, 1.54) is 6.07 Å². The molecule has 28 heavy (non-hydrogen) atoms. The Balaban J connectivity index is 2.20. The largest absolute Gasteiger partial charge is 0.418 e. The number of benzene rings is 3. The van der Waals surface area contributed by atoms with Gasteiger partial charge >= 0.3 is 6.18 Å². The molecular formula is C22H13BrF3NO. The number of aromatic nitrogens is 1. The first-order valence-corrected chi connectivity index (χ1v) is 9.23. The number of rotatable bonds is 2. The fourth-order valence-electron chi connectivity index (χ4n) is 3.38. The van der Waals surface area contributed by atoms with Crippen molar-refractivity contribution >= 4 is 26.8 Å². The van der Waals surface area contributed by atoms with E-state index >= 15 is 0 Å². The van der Waals surface area contributed by atoms with Crippen LogP contribution in [0, 0.1) is 0 Å². The van der Waals surface area contributed by atoms with Crippen molar-refractivity contribution in [2.24, 2.45) is 0 Å². The molecule has 6 heteroatoms. The van der Waals surface area contributed by atoms with Crippen LogP contribution in [0.4, 0.5) is 13.2 Å². The smallest absolute Gasteiger partial charge is 0.321 e. The summed E-state index contributed by atoms with van der Waals surface area (Å²) < 4.78 is 41.4. The molecule has 0 saturated heterocycles. The van der Waals surface area contributed by atoms with Gasteiger partial charge in [0, 0.05) is 15.4 Å². The van der Waals surface area contributed by atoms with Gasteiger partial charge in [-0.2, -0.15) is 13.2 Å². The van der Waals surface area contributed by atoms with Crippen molar-refractivity contribution in [1.82, 2.24) is 4.98 Å². The molecular weight excluding hydrogens is 431 g/mol. The van der Waals surface area contributed by atoms with Crippen LogP contribution in [-0.4, -0.2) is 4.98 Å². The Hall–Kier alpha value is -2.86. The van der Waals surface area contributed by atoms with E-state index in [9.17, 15) is 18.0 Å². The van der Waals surface area contributed by atoms with Gasteiger partial charge in [0.15, 0.2) is 0 Å². The Labute approximate surface area is 166 Å². The summed E-state index contributed by atoms with van der Waals surface area (Å²) in [5.74, 6) is 0. The maximum Gasteiger partial charge on any atom is 0.418 e. The van der Waals surface area contributed by atoms with Crippen LogP contribution in [0.2, 0.25) is 0 Å². The molecule has 0 aliphatic heterocycles. The van der Waals surface area contributed by atoms with Gasteiger partial charge in [-0.15, -0.1) is 0 Å². The van der Waals surface area contributed by atoms with Crippen LogP contribution in [0.1, 0.15) is 5.56 Å². The van der Waals surface area contributed by atoms with E-state index in [0.29, 0.717) is 27.6 Å². The highest BCUT2D eigenvalue weighted by molar-refractivity contribution is 9.10. The van der Waals surface area contributed by atoms with Gasteiger partial charge < -0.3 is 4.98 Å². The third-order valence-electron chi connectivity index (χ3n) is 4.53. The van der Waals surface area contributed by atoms with Gasteiger partial charge in [-0.3, -0.25) is 4.79 Å². The van der Waals surface area contributed by atoms with Crippen LogP contribution in [-0.2, 0) is 6.18 Å². The number of nitrogens with one attached hydrogen (secondary N) is 1. The molecule has 2 nitrogen and oxygen atoms in total. The second kappa shape index (κ2) is 6.95. The first kappa shape index (κ1) is 18.5. The van der Waals surface area contributed by atoms with Gasteiger partial charge in [0.05, 0.1) is 16.6 Å². The predicted molar refractivity (Wildman–Crippen MR) is 108 cm³/mol. The number of halogens is 4. The minimum absolute atomic E-state index is 0.213. The zero-order chi connectivity index (χ0) is 19.9. The van der Waals surface area contributed by atoms with Gasteiger partial charge in [-0.05, 0) is 29.3 Å². The maximum atomic E-state index is 13.5. The van der Waals surface area contributed by atoms with Crippen LogP contribution in [0.5, 0.6) is 0 Å². The lowest BCUT2D eigenvalue weighted by Gasteiger charge is -2.16. The molecule has 0 unspecified atom stereocenters.